The smallest absolute Gasteiger partial charge is 0.274 e. The second-order valence-electron chi connectivity index (χ2n) is 7.90. The first-order valence-corrected chi connectivity index (χ1v) is 10.5. The summed E-state index contributed by atoms with van der Waals surface area (Å²) in [6.07, 6.45) is 4.66. The van der Waals surface area contributed by atoms with E-state index in [1.807, 2.05) is 18.7 Å². The Kier molecular flexibility index (Phi) is 6.11. The first kappa shape index (κ1) is 20.8. The lowest BCUT2D eigenvalue weighted by Crippen LogP contribution is -2.38. The summed E-state index contributed by atoms with van der Waals surface area (Å²) in [5.74, 6) is 0.810. The summed E-state index contributed by atoms with van der Waals surface area (Å²) in [6, 6.07) is 8.67. The van der Waals surface area contributed by atoms with Crippen LogP contribution in [0.2, 0.25) is 0 Å². The quantitative estimate of drug-likeness (QED) is 0.655. The van der Waals surface area contributed by atoms with Crippen molar-refractivity contribution in [1.29, 1.82) is 0 Å². The number of nitrogens with one attached hydrogen (secondary N) is 1. The van der Waals surface area contributed by atoms with Gasteiger partial charge < -0.3 is 15.0 Å². The molecule has 1 saturated heterocycles. The maximum atomic E-state index is 12.9. The van der Waals surface area contributed by atoms with Crippen LogP contribution in [0.5, 0.6) is 5.75 Å². The van der Waals surface area contributed by atoms with E-state index < -0.39 is 0 Å². The molecule has 4 rings (SSSR count). The van der Waals surface area contributed by atoms with Crippen LogP contribution >= 0.6 is 0 Å². The average Bonchev–Trinajstić information content (AvgIpc) is 3.27. The number of hydrogen-bond acceptors (Lipinski definition) is 6. The highest BCUT2D eigenvalue weighted by Crippen LogP contribution is 2.19. The number of aromatic nitrogens is 4. The summed E-state index contributed by atoms with van der Waals surface area (Å²) in [5, 5.41) is 6.97. The van der Waals surface area contributed by atoms with Gasteiger partial charge >= 0.3 is 0 Å². The van der Waals surface area contributed by atoms with Crippen molar-refractivity contribution < 1.29 is 14.3 Å². The van der Waals surface area contributed by atoms with Crippen LogP contribution in [-0.2, 0) is 4.79 Å². The molecule has 162 valence electrons. The van der Waals surface area contributed by atoms with Crippen LogP contribution in [0.4, 0.5) is 5.69 Å². The number of nitrogens with zero attached hydrogens (tertiary/aromatic N) is 5. The lowest BCUT2D eigenvalue weighted by molar-refractivity contribution is -0.134. The Morgan fingerprint density at radius 3 is 2.58 bits per heavy atom. The monoisotopic (exact) mass is 422 g/mol. The highest BCUT2D eigenvalue weighted by molar-refractivity contribution is 6.03. The highest BCUT2D eigenvalue weighted by atomic mass is 16.5. The van der Waals surface area contributed by atoms with Gasteiger partial charge in [0.2, 0.25) is 0 Å². The summed E-state index contributed by atoms with van der Waals surface area (Å²) < 4.78 is 7.04. The Balaban J connectivity index is 1.40. The number of amides is 2. The minimum atomic E-state index is -0.311. The number of likely N-dealkylation sites (tertiary alicyclic amines) is 1. The van der Waals surface area contributed by atoms with Crippen molar-refractivity contribution in [3.63, 3.8) is 0 Å². The summed E-state index contributed by atoms with van der Waals surface area (Å²) in [4.78, 5) is 35.5. The molecule has 0 bridgehead atoms. The molecule has 9 heteroatoms. The van der Waals surface area contributed by atoms with Gasteiger partial charge in [0.25, 0.3) is 17.6 Å². The van der Waals surface area contributed by atoms with Crippen molar-refractivity contribution in [3.05, 3.63) is 48.0 Å². The van der Waals surface area contributed by atoms with E-state index in [-0.39, 0.29) is 24.3 Å². The summed E-state index contributed by atoms with van der Waals surface area (Å²) >= 11 is 0. The Morgan fingerprint density at radius 1 is 1.13 bits per heavy atom. The number of carbonyl (C=O) groups excluding carboxylic acids is 2. The fourth-order valence-electron chi connectivity index (χ4n) is 3.50. The second-order valence-corrected chi connectivity index (χ2v) is 7.90. The maximum Gasteiger partial charge on any atom is 0.274 e. The molecule has 1 aliphatic heterocycles. The van der Waals surface area contributed by atoms with Crippen molar-refractivity contribution in [2.45, 2.75) is 39.0 Å². The SMILES string of the molecule is CC(C)c1cc(C(=O)Nc2ccc(OCC(=O)N3CCCCC3)cc2)n2ncnc2n1. The molecule has 0 aliphatic carbocycles. The minimum absolute atomic E-state index is 0.00701. The second kappa shape index (κ2) is 9.11. The molecule has 3 heterocycles. The molecule has 9 nitrogen and oxygen atoms in total. The summed E-state index contributed by atoms with van der Waals surface area (Å²) in [5.41, 5.74) is 1.74. The Hall–Kier alpha value is -3.49. The molecule has 2 amide bonds. The van der Waals surface area contributed by atoms with E-state index in [0.29, 0.717) is 22.9 Å². The minimum Gasteiger partial charge on any atom is -0.484 e. The first-order valence-electron chi connectivity index (χ1n) is 10.5. The number of benzene rings is 1. The zero-order chi connectivity index (χ0) is 21.8. The molecule has 0 unspecified atom stereocenters. The zero-order valence-electron chi connectivity index (χ0n) is 17.7. The van der Waals surface area contributed by atoms with Crippen LogP contribution in [-0.4, -0.2) is 56.0 Å². The number of rotatable bonds is 6. The van der Waals surface area contributed by atoms with Gasteiger partial charge in [-0.05, 0) is 55.5 Å². The molecule has 0 spiro atoms. The number of piperidine rings is 1. The molecule has 3 aromatic rings. The molecule has 1 N–H and O–H groups in total. The standard InChI is InChI=1S/C22H26N6O3/c1-15(2)18-12-19(28-22(26-18)23-14-24-28)21(30)25-16-6-8-17(9-7-16)31-13-20(29)27-10-4-3-5-11-27/h6-9,12,14-15H,3-5,10-11,13H2,1-2H3,(H,25,30). The largest absolute Gasteiger partial charge is 0.484 e. The molecule has 0 radical (unpaired) electrons. The van der Waals surface area contributed by atoms with E-state index in [0.717, 1.165) is 31.6 Å². The summed E-state index contributed by atoms with van der Waals surface area (Å²) in [6.45, 7) is 5.64. The average molecular weight is 422 g/mol. The van der Waals surface area contributed by atoms with Crippen molar-refractivity contribution in [2.75, 3.05) is 25.0 Å². The normalized spacial score (nSPS) is 14.1. The molecule has 2 aromatic heterocycles. The lowest BCUT2D eigenvalue weighted by Gasteiger charge is -2.26. The van der Waals surface area contributed by atoms with Gasteiger partial charge in [-0.15, -0.1) is 0 Å². The molecular weight excluding hydrogens is 396 g/mol. The predicted octanol–water partition coefficient (Wildman–Crippen LogP) is 2.89. The van der Waals surface area contributed by atoms with Gasteiger partial charge in [-0.2, -0.15) is 14.6 Å². The van der Waals surface area contributed by atoms with Crippen LogP contribution in [0, 0.1) is 0 Å². The first-order chi connectivity index (χ1) is 15.0. The number of anilines is 1. The topological polar surface area (TPSA) is 102 Å². The van der Waals surface area contributed by atoms with Crippen LogP contribution in [0.25, 0.3) is 5.78 Å². The van der Waals surface area contributed by atoms with Gasteiger partial charge in [0.15, 0.2) is 6.61 Å². The van der Waals surface area contributed by atoms with Crippen LogP contribution in [0.15, 0.2) is 36.7 Å². The number of hydrogen-bond donors (Lipinski definition) is 1. The van der Waals surface area contributed by atoms with Crippen molar-refractivity contribution in [2.24, 2.45) is 0 Å². The number of fused-ring (bicyclic) bond motifs is 1. The molecule has 1 fully saturated rings. The Bertz CT molecular complexity index is 1070. The maximum absolute atomic E-state index is 12.9. The molecular formula is C22H26N6O3. The number of carbonyl (C=O) groups is 2. The van der Waals surface area contributed by atoms with Gasteiger partial charge in [-0.25, -0.2) is 4.98 Å². The van der Waals surface area contributed by atoms with E-state index in [2.05, 4.69) is 20.4 Å². The Labute approximate surface area is 180 Å². The molecule has 1 aliphatic rings. The molecule has 0 saturated carbocycles. The van der Waals surface area contributed by atoms with Gasteiger partial charge in [-0.3, -0.25) is 9.59 Å². The summed E-state index contributed by atoms with van der Waals surface area (Å²) in [7, 11) is 0. The molecule has 31 heavy (non-hydrogen) atoms. The van der Waals surface area contributed by atoms with E-state index in [1.54, 1.807) is 30.3 Å². The van der Waals surface area contributed by atoms with Gasteiger partial charge in [-0.1, -0.05) is 13.8 Å². The van der Waals surface area contributed by atoms with Gasteiger partial charge in [0.1, 0.15) is 17.8 Å². The Morgan fingerprint density at radius 2 is 1.87 bits per heavy atom. The zero-order valence-corrected chi connectivity index (χ0v) is 17.7. The highest BCUT2D eigenvalue weighted by Gasteiger charge is 2.18. The fourth-order valence-corrected chi connectivity index (χ4v) is 3.50. The third-order valence-electron chi connectivity index (χ3n) is 5.28. The lowest BCUT2D eigenvalue weighted by atomic mass is 10.1. The molecule has 1 aromatic carbocycles. The predicted molar refractivity (Wildman–Crippen MR) is 115 cm³/mol. The van der Waals surface area contributed by atoms with Gasteiger partial charge in [0, 0.05) is 24.5 Å². The van der Waals surface area contributed by atoms with Gasteiger partial charge in [0.05, 0.1) is 0 Å². The van der Waals surface area contributed by atoms with Crippen molar-refractivity contribution >= 4 is 23.3 Å². The van der Waals surface area contributed by atoms with E-state index >= 15 is 0 Å². The van der Waals surface area contributed by atoms with Crippen molar-refractivity contribution in [3.8, 4) is 5.75 Å². The molecule has 0 atom stereocenters. The van der Waals surface area contributed by atoms with E-state index in [1.165, 1.54) is 17.3 Å². The number of ether oxygens (including phenoxy) is 1. The third-order valence-corrected chi connectivity index (χ3v) is 5.28. The third kappa shape index (κ3) is 4.82. The van der Waals surface area contributed by atoms with Crippen molar-refractivity contribution in [1.82, 2.24) is 24.5 Å². The van der Waals surface area contributed by atoms with E-state index in [9.17, 15) is 9.59 Å². The van der Waals surface area contributed by atoms with Crippen LogP contribution in [0.1, 0.15) is 55.2 Å². The van der Waals surface area contributed by atoms with Crippen LogP contribution in [0.3, 0.4) is 0 Å². The fraction of sp³-hybridized carbons (Fsp3) is 0.409. The van der Waals surface area contributed by atoms with Crippen LogP contribution < -0.4 is 10.1 Å². The van der Waals surface area contributed by atoms with E-state index in [4.69, 9.17) is 4.74 Å².